The number of carboxylic acid groups (broad SMARTS) is 1. The Morgan fingerprint density at radius 3 is 2.37 bits per heavy atom. The Hall–Kier alpha value is -1.60. The van der Waals surface area contributed by atoms with Crippen molar-refractivity contribution in [2.75, 3.05) is 7.11 Å². The number of carbonyl (C=O) groups excluding carboxylic acids is 2. The number of hydrogen-bond acceptors (Lipinski definition) is 4. The molecule has 1 aliphatic rings. The Bertz CT molecular complexity index is 791. The van der Waals surface area contributed by atoms with E-state index >= 15 is 0 Å². The molecule has 1 N–H and O–H groups in total. The molecular weight excluding hydrogens is 438 g/mol. The fourth-order valence-electron chi connectivity index (χ4n) is 3.59. The molecule has 1 fully saturated rings. The van der Waals surface area contributed by atoms with Crippen LogP contribution in [0, 0.1) is 10.8 Å². The van der Waals surface area contributed by atoms with Crippen molar-refractivity contribution in [3.8, 4) is 0 Å². The number of methoxy groups -OCH3 is 1. The molecule has 1 aromatic carbocycles. The highest BCUT2D eigenvalue weighted by molar-refractivity contribution is 9.10. The molecule has 1 heterocycles. The molecule has 27 heavy (non-hydrogen) atoms. The van der Waals surface area contributed by atoms with E-state index in [0.717, 1.165) is 0 Å². The second kappa shape index (κ2) is 7.43. The molecule has 1 aliphatic heterocycles. The molecule has 3 atom stereocenters. The number of likely N-dealkylation sites (tertiary alicyclic amines) is 1. The molecule has 1 amide bonds. The number of halogens is 2. The lowest BCUT2D eigenvalue weighted by molar-refractivity contribution is -0.157. The minimum Gasteiger partial charge on any atom is -0.480 e. The van der Waals surface area contributed by atoms with Gasteiger partial charge in [-0.15, -0.1) is 0 Å². The first kappa shape index (κ1) is 21.7. The molecule has 8 heteroatoms. The zero-order chi connectivity index (χ0) is 20.7. The Labute approximate surface area is 171 Å². The average Bonchev–Trinajstić information content (AvgIpc) is 2.89. The van der Waals surface area contributed by atoms with E-state index < -0.39 is 34.9 Å². The summed E-state index contributed by atoms with van der Waals surface area (Å²) >= 11 is 9.44. The van der Waals surface area contributed by atoms with Crippen LogP contribution in [0.2, 0.25) is 5.02 Å². The van der Waals surface area contributed by atoms with E-state index in [1.165, 1.54) is 12.0 Å². The Balaban J connectivity index is 2.73. The molecule has 0 unspecified atom stereocenters. The fraction of sp³-hybridized carbons (Fsp3) is 0.526. The number of ether oxygens (including phenoxy) is 1. The predicted molar refractivity (Wildman–Crippen MR) is 104 cm³/mol. The van der Waals surface area contributed by atoms with Crippen LogP contribution >= 0.6 is 27.5 Å². The third kappa shape index (κ3) is 3.85. The molecular formula is C19H23BrClNO5. The topological polar surface area (TPSA) is 83.9 Å². The predicted octanol–water partition coefficient (Wildman–Crippen LogP) is 4.05. The molecule has 0 spiro atoms. The Morgan fingerprint density at radius 2 is 1.93 bits per heavy atom. The summed E-state index contributed by atoms with van der Waals surface area (Å²) in [5.74, 6) is -2.06. The van der Waals surface area contributed by atoms with Gasteiger partial charge in [-0.1, -0.05) is 38.4 Å². The van der Waals surface area contributed by atoms with E-state index in [4.69, 9.17) is 16.3 Å². The van der Waals surface area contributed by atoms with Gasteiger partial charge in [0.15, 0.2) is 0 Å². The van der Waals surface area contributed by atoms with Crippen molar-refractivity contribution in [2.45, 2.75) is 46.2 Å². The molecule has 0 saturated carbocycles. The first-order chi connectivity index (χ1) is 12.3. The maximum absolute atomic E-state index is 13.2. The summed E-state index contributed by atoms with van der Waals surface area (Å²) in [5, 5.41) is 10.2. The second-order valence-electron chi connectivity index (χ2n) is 8.01. The van der Waals surface area contributed by atoms with Gasteiger partial charge >= 0.3 is 11.9 Å². The number of amides is 1. The summed E-state index contributed by atoms with van der Waals surface area (Å²) in [4.78, 5) is 39.1. The number of hydrogen-bond donors (Lipinski definition) is 1. The minimum absolute atomic E-state index is 0.0399. The van der Waals surface area contributed by atoms with Gasteiger partial charge < -0.3 is 14.7 Å². The van der Waals surface area contributed by atoms with Gasteiger partial charge in [0.25, 0.3) is 0 Å². The van der Waals surface area contributed by atoms with Crippen molar-refractivity contribution in [3.63, 3.8) is 0 Å². The lowest BCUT2D eigenvalue weighted by Crippen LogP contribution is -2.48. The van der Waals surface area contributed by atoms with E-state index in [2.05, 4.69) is 15.9 Å². The summed E-state index contributed by atoms with van der Waals surface area (Å²) in [5.41, 5.74) is -1.43. The molecule has 2 rings (SSSR count). The van der Waals surface area contributed by atoms with Crippen molar-refractivity contribution in [3.05, 3.63) is 33.3 Å². The summed E-state index contributed by atoms with van der Waals surface area (Å²) < 4.78 is 5.57. The molecule has 148 valence electrons. The Kier molecular flexibility index (Phi) is 5.97. The molecule has 0 aromatic heterocycles. The number of benzene rings is 1. The minimum atomic E-state index is -1.22. The third-order valence-electron chi connectivity index (χ3n) is 4.91. The average molecular weight is 461 g/mol. The largest absolute Gasteiger partial charge is 0.480 e. The lowest BCUT2D eigenvalue weighted by atomic mass is 9.78. The highest BCUT2D eigenvalue weighted by atomic mass is 79.9. The van der Waals surface area contributed by atoms with E-state index in [1.54, 1.807) is 45.9 Å². The van der Waals surface area contributed by atoms with Crippen LogP contribution in [0.15, 0.2) is 22.7 Å². The van der Waals surface area contributed by atoms with Gasteiger partial charge in [0.1, 0.15) is 6.04 Å². The number of carbonyl (C=O) groups is 3. The first-order valence-corrected chi connectivity index (χ1v) is 9.60. The molecule has 6 nitrogen and oxygen atoms in total. The number of rotatable bonds is 3. The summed E-state index contributed by atoms with van der Waals surface area (Å²) in [6.45, 7) is 6.79. The van der Waals surface area contributed by atoms with Crippen LogP contribution < -0.4 is 0 Å². The Morgan fingerprint density at radius 1 is 1.33 bits per heavy atom. The maximum atomic E-state index is 13.2. The standard InChI is InChI=1S/C19H23BrClNO5/c1-18(2,3)16(25)22-13(15(23)24)9-19(4,17(26)27-5)14(22)10-6-7-12(21)11(20)8-10/h6-8,13-14H,9H2,1-5H3,(H,23,24)/t13-,14-,19-/m1/s1. The van der Waals surface area contributed by atoms with Crippen LogP contribution in [0.4, 0.5) is 0 Å². The van der Waals surface area contributed by atoms with Gasteiger partial charge in [-0.2, -0.15) is 0 Å². The van der Waals surface area contributed by atoms with E-state index in [-0.39, 0.29) is 12.3 Å². The van der Waals surface area contributed by atoms with Gasteiger partial charge in [0, 0.05) is 9.89 Å². The van der Waals surface area contributed by atoms with Gasteiger partial charge in [0.05, 0.1) is 23.6 Å². The number of esters is 1. The first-order valence-electron chi connectivity index (χ1n) is 8.43. The second-order valence-corrected chi connectivity index (χ2v) is 9.27. The van der Waals surface area contributed by atoms with Crippen LogP contribution in [0.3, 0.4) is 0 Å². The van der Waals surface area contributed by atoms with Crippen molar-refractivity contribution >= 4 is 45.4 Å². The zero-order valence-corrected chi connectivity index (χ0v) is 18.2. The van der Waals surface area contributed by atoms with E-state index in [1.807, 2.05) is 0 Å². The van der Waals surface area contributed by atoms with Crippen LogP contribution in [0.25, 0.3) is 0 Å². The SMILES string of the molecule is COC(=O)[C@]1(C)C[C@H](C(=O)O)N(C(=O)C(C)(C)C)[C@@H]1c1ccc(Cl)c(Br)c1. The monoisotopic (exact) mass is 459 g/mol. The van der Waals surface area contributed by atoms with Crippen molar-refractivity contribution in [2.24, 2.45) is 10.8 Å². The molecule has 0 aliphatic carbocycles. The third-order valence-corrected chi connectivity index (χ3v) is 6.12. The van der Waals surface area contributed by atoms with Crippen molar-refractivity contribution in [1.29, 1.82) is 0 Å². The maximum Gasteiger partial charge on any atom is 0.326 e. The lowest BCUT2D eigenvalue weighted by Gasteiger charge is -2.37. The van der Waals surface area contributed by atoms with Crippen molar-refractivity contribution in [1.82, 2.24) is 4.90 Å². The highest BCUT2D eigenvalue weighted by Crippen LogP contribution is 2.52. The van der Waals surface area contributed by atoms with Gasteiger partial charge in [0.2, 0.25) is 5.91 Å². The number of carboxylic acids is 1. The molecule has 1 saturated heterocycles. The summed E-state index contributed by atoms with van der Waals surface area (Å²) in [6, 6.07) is 3.12. The van der Waals surface area contributed by atoms with E-state index in [9.17, 15) is 19.5 Å². The van der Waals surface area contributed by atoms with Gasteiger partial charge in [-0.25, -0.2) is 4.79 Å². The van der Waals surface area contributed by atoms with E-state index in [0.29, 0.717) is 15.1 Å². The smallest absolute Gasteiger partial charge is 0.326 e. The quantitative estimate of drug-likeness (QED) is 0.688. The normalized spacial score (nSPS) is 25.4. The summed E-state index contributed by atoms with van der Waals surface area (Å²) in [6.07, 6.45) is -0.0399. The van der Waals surface area contributed by atoms with Crippen molar-refractivity contribution < 1.29 is 24.2 Å². The van der Waals surface area contributed by atoms with Crippen LogP contribution in [-0.2, 0) is 19.1 Å². The number of nitrogens with zero attached hydrogens (tertiary/aromatic N) is 1. The van der Waals surface area contributed by atoms with Crippen LogP contribution in [-0.4, -0.2) is 41.0 Å². The zero-order valence-electron chi connectivity index (χ0n) is 15.9. The highest BCUT2D eigenvalue weighted by Gasteiger charge is 2.59. The molecule has 0 bridgehead atoms. The van der Waals surface area contributed by atoms with Gasteiger partial charge in [-0.3, -0.25) is 9.59 Å². The molecule has 1 aromatic rings. The number of aliphatic carboxylic acids is 1. The summed E-state index contributed by atoms with van der Waals surface area (Å²) in [7, 11) is 1.26. The van der Waals surface area contributed by atoms with Gasteiger partial charge in [-0.05, 0) is 47.0 Å². The van der Waals surface area contributed by atoms with Crippen LogP contribution in [0.1, 0.15) is 45.7 Å². The fourth-order valence-corrected chi connectivity index (χ4v) is 4.10. The molecule has 0 radical (unpaired) electrons. The van der Waals surface area contributed by atoms with Crippen LogP contribution in [0.5, 0.6) is 0 Å².